The van der Waals surface area contributed by atoms with Crippen LogP contribution in [0.4, 0.5) is 0 Å². The predicted molar refractivity (Wildman–Crippen MR) is 107 cm³/mol. The molecule has 0 saturated heterocycles. The van der Waals surface area contributed by atoms with Crippen molar-refractivity contribution in [1.82, 2.24) is 30.6 Å². The number of carboxylic acids is 1. The Kier molecular flexibility index (Phi) is 6.40. The molecule has 1 aliphatic rings. The van der Waals surface area contributed by atoms with E-state index in [1.165, 1.54) is 0 Å². The van der Waals surface area contributed by atoms with Crippen molar-refractivity contribution in [3.8, 4) is 5.69 Å². The number of carboxylic acid groups (broad SMARTS) is 1. The Hall–Kier alpha value is -3.46. The molecule has 1 amide bonds. The summed E-state index contributed by atoms with van der Waals surface area (Å²) in [6.07, 6.45) is 4.45. The fraction of sp³-hybridized carbons (Fsp3) is 0.300. The number of aromatic amines is 1. The van der Waals surface area contributed by atoms with Gasteiger partial charge in [0.05, 0.1) is 17.4 Å². The second-order valence-corrected chi connectivity index (χ2v) is 6.68. The summed E-state index contributed by atoms with van der Waals surface area (Å²) in [5, 5.41) is 25.2. The number of benzene rings is 1. The average molecular weight is 396 g/mol. The van der Waals surface area contributed by atoms with Crippen LogP contribution in [0.15, 0.2) is 42.7 Å². The quantitative estimate of drug-likeness (QED) is 0.533. The molecule has 3 aromatic rings. The van der Waals surface area contributed by atoms with Crippen LogP contribution in [-0.4, -0.2) is 43.5 Å². The van der Waals surface area contributed by atoms with Gasteiger partial charge >= 0.3 is 0 Å². The number of fused-ring (bicyclic) bond motifs is 1. The molecule has 0 spiro atoms. The molecule has 0 fully saturated rings. The van der Waals surface area contributed by atoms with Crippen LogP contribution in [-0.2, 0) is 17.8 Å². The van der Waals surface area contributed by atoms with Gasteiger partial charge in [-0.15, -0.1) is 0 Å². The lowest BCUT2D eigenvalue weighted by atomic mass is 10.0. The molecule has 9 heteroatoms. The molecule has 1 aromatic carbocycles. The molecule has 1 aliphatic heterocycles. The third-order valence-electron chi connectivity index (χ3n) is 4.52. The number of H-pyrrole nitrogens is 1. The number of rotatable bonds is 4. The van der Waals surface area contributed by atoms with Crippen LogP contribution < -0.4 is 10.6 Å². The van der Waals surface area contributed by atoms with Gasteiger partial charge in [0.15, 0.2) is 5.69 Å². The van der Waals surface area contributed by atoms with Crippen LogP contribution in [0.5, 0.6) is 0 Å². The smallest absolute Gasteiger partial charge is 0.300 e. The highest BCUT2D eigenvalue weighted by Crippen LogP contribution is 2.22. The monoisotopic (exact) mass is 396 g/mol. The number of aromatic nitrogens is 4. The molecule has 29 heavy (non-hydrogen) atoms. The van der Waals surface area contributed by atoms with E-state index in [1.54, 1.807) is 10.9 Å². The van der Waals surface area contributed by atoms with Crippen LogP contribution in [0.25, 0.3) is 5.69 Å². The standard InChI is InChI=1S/C18H20N6O.C2H4O2/c1-12(13-5-2-3-6-16(13)24-10-4-8-20-24)21-18(25)17-14-7-9-19-11-15(14)22-23-17;1-2(3)4/h2-6,8,10,12,19H,7,9,11H2,1H3,(H,21,25)(H,22,23);1H3,(H,3,4). The number of hydrogen-bond acceptors (Lipinski definition) is 5. The van der Waals surface area contributed by atoms with Crippen LogP contribution in [0.1, 0.15) is 47.2 Å². The number of nitrogens with zero attached hydrogens (tertiary/aromatic N) is 3. The van der Waals surface area contributed by atoms with Gasteiger partial charge in [0.25, 0.3) is 11.9 Å². The Morgan fingerprint density at radius 3 is 2.76 bits per heavy atom. The first-order valence-electron chi connectivity index (χ1n) is 9.33. The van der Waals surface area contributed by atoms with E-state index >= 15 is 0 Å². The van der Waals surface area contributed by atoms with Crippen molar-refractivity contribution in [2.75, 3.05) is 6.54 Å². The summed E-state index contributed by atoms with van der Waals surface area (Å²) in [6, 6.07) is 9.64. The van der Waals surface area contributed by atoms with Gasteiger partial charge in [-0.05, 0) is 37.6 Å². The van der Waals surface area contributed by atoms with Crippen molar-refractivity contribution in [1.29, 1.82) is 0 Å². The van der Waals surface area contributed by atoms with Crippen molar-refractivity contribution in [3.63, 3.8) is 0 Å². The van der Waals surface area contributed by atoms with Crippen LogP contribution in [0.2, 0.25) is 0 Å². The normalized spacial score (nSPS) is 13.6. The summed E-state index contributed by atoms with van der Waals surface area (Å²) in [5.41, 5.74) is 4.48. The molecule has 1 unspecified atom stereocenters. The number of aliphatic carboxylic acids is 1. The first kappa shape index (κ1) is 20.3. The summed E-state index contributed by atoms with van der Waals surface area (Å²) in [7, 11) is 0. The first-order valence-corrected chi connectivity index (χ1v) is 9.33. The molecule has 4 rings (SSSR count). The molecule has 3 heterocycles. The van der Waals surface area contributed by atoms with Crippen LogP contribution >= 0.6 is 0 Å². The number of para-hydroxylation sites is 1. The van der Waals surface area contributed by atoms with Gasteiger partial charge in [-0.1, -0.05) is 18.2 Å². The van der Waals surface area contributed by atoms with E-state index in [0.29, 0.717) is 5.69 Å². The van der Waals surface area contributed by atoms with E-state index in [0.717, 1.165) is 48.9 Å². The lowest BCUT2D eigenvalue weighted by Crippen LogP contribution is -2.30. The maximum atomic E-state index is 12.7. The van der Waals surface area contributed by atoms with Crippen molar-refractivity contribution in [3.05, 3.63) is 65.2 Å². The SMILES string of the molecule is CC(=O)O.CC(NC(=O)c1n[nH]c2c1CCNC2)c1ccccc1-n1cccn1. The van der Waals surface area contributed by atoms with Gasteiger partial charge in [0, 0.05) is 31.4 Å². The highest BCUT2D eigenvalue weighted by molar-refractivity contribution is 5.94. The molecule has 0 saturated carbocycles. The highest BCUT2D eigenvalue weighted by Gasteiger charge is 2.23. The fourth-order valence-electron chi connectivity index (χ4n) is 3.25. The van der Waals surface area contributed by atoms with Crippen LogP contribution in [0.3, 0.4) is 0 Å². The zero-order valence-corrected chi connectivity index (χ0v) is 16.3. The topological polar surface area (TPSA) is 125 Å². The predicted octanol–water partition coefficient (Wildman–Crippen LogP) is 1.82. The zero-order chi connectivity index (χ0) is 20.8. The average Bonchev–Trinajstić information content (AvgIpc) is 3.37. The molecule has 1 atom stereocenters. The lowest BCUT2D eigenvalue weighted by molar-refractivity contribution is -0.134. The van der Waals surface area contributed by atoms with E-state index in [4.69, 9.17) is 9.90 Å². The Morgan fingerprint density at radius 2 is 2.03 bits per heavy atom. The lowest BCUT2D eigenvalue weighted by Gasteiger charge is -2.18. The molecule has 152 valence electrons. The Morgan fingerprint density at radius 1 is 1.28 bits per heavy atom. The number of hydrogen-bond donors (Lipinski definition) is 4. The molecule has 0 radical (unpaired) electrons. The minimum Gasteiger partial charge on any atom is -0.481 e. The van der Waals surface area contributed by atoms with Gasteiger partial charge in [0.1, 0.15) is 0 Å². The molecular weight excluding hydrogens is 372 g/mol. The highest BCUT2D eigenvalue weighted by atomic mass is 16.4. The summed E-state index contributed by atoms with van der Waals surface area (Å²) >= 11 is 0. The number of carbonyl (C=O) groups excluding carboxylic acids is 1. The molecule has 0 bridgehead atoms. The maximum absolute atomic E-state index is 12.7. The second kappa shape index (κ2) is 9.16. The number of amides is 1. The van der Waals surface area contributed by atoms with Gasteiger partial charge in [0.2, 0.25) is 0 Å². The maximum Gasteiger partial charge on any atom is 0.300 e. The third kappa shape index (κ3) is 4.88. The summed E-state index contributed by atoms with van der Waals surface area (Å²) in [5.74, 6) is -0.984. The number of nitrogens with one attached hydrogen (secondary N) is 3. The van der Waals surface area contributed by atoms with Crippen molar-refractivity contribution >= 4 is 11.9 Å². The summed E-state index contributed by atoms with van der Waals surface area (Å²) in [4.78, 5) is 21.7. The molecule has 4 N–H and O–H groups in total. The van der Waals surface area contributed by atoms with Gasteiger partial charge in [-0.25, -0.2) is 4.68 Å². The van der Waals surface area contributed by atoms with Crippen molar-refractivity contribution in [2.45, 2.75) is 32.9 Å². The molecule has 9 nitrogen and oxygen atoms in total. The van der Waals surface area contributed by atoms with E-state index in [9.17, 15) is 4.79 Å². The third-order valence-corrected chi connectivity index (χ3v) is 4.52. The van der Waals surface area contributed by atoms with E-state index in [2.05, 4.69) is 25.9 Å². The van der Waals surface area contributed by atoms with E-state index in [-0.39, 0.29) is 11.9 Å². The fourth-order valence-corrected chi connectivity index (χ4v) is 3.25. The zero-order valence-electron chi connectivity index (χ0n) is 16.3. The Balaban J connectivity index is 0.000000552. The molecule has 2 aromatic heterocycles. The Bertz CT molecular complexity index is 976. The van der Waals surface area contributed by atoms with Crippen molar-refractivity contribution in [2.24, 2.45) is 0 Å². The largest absolute Gasteiger partial charge is 0.481 e. The van der Waals surface area contributed by atoms with Crippen molar-refractivity contribution < 1.29 is 14.7 Å². The van der Waals surface area contributed by atoms with Gasteiger partial charge in [-0.2, -0.15) is 10.2 Å². The minimum absolute atomic E-state index is 0.151. The molecule has 0 aliphatic carbocycles. The first-order chi connectivity index (χ1) is 14.0. The summed E-state index contributed by atoms with van der Waals surface area (Å²) < 4.78 is 1.81. The summed E-state index contributed by atoms with van der Waals surface area (Å²) in [6.45, 7) is 4.65. The van der Waals surface area contributed by atoms with E-state index in [1.807, 2.05) is 43.5 Å². The number of carbonyl (C=O) groups is 2. The second-order valence-electron chi connectivity index (χ2n) is 6.68. The Labute approximate surface area is 168 Å². The van der Waals surface area contributed by atoms with Crippen LogP contribution in [0, 0.1) is 0 Å². The van der Waals surface area contributed by atoms with E-state index < -0.39 is 5.97 Å². The molecular formula is C20H24N6O3. The van der Waals surface area contributed by atoms with Gasteiger partial charge in [-0.3, -0.25) is 14.7 Å². The minimum atomic E-state index is -0.833. The van der Waals surface area contributed by atoms with Gasteiger partial charge < -0.3 is 15.7 Å².